The molecule has 0 radical (unpaired) electrons. The minimum atomic E-state index is 0.818. The number of likely N-dealkylation sites (tertiary alicyclic amines) is 1. The summed E-state index contributed by atoms with van der Waals surface area (Å²) in [6.07, 6.45) is 9.68. The van der Waals surface area contributed by atoms with E-state index in [-0.39, 0.29) is 0 Å². The molecule has 2 aromatic rings. The second-order valence-corrected chi connectivity index (χ2v) is 5.71. The summed E-state index contributed by atoms with van der Waals surface area (Å²) in [6.45, 7) is 4.44. The standard InChI is InChI=1S/C13H18BrN5/c14-11-10-19-9-5-16-13(19)12(17-11)15-4-8-18-6-2-1-3-7-18/h5,9-10H,1-4,6-8H2,(H,15,17). The van der Waals surface area contributed by atoms with Crippen molar-refractivity contribution in [3.05, 3.63) is 23.2 Å². The number of aromatic nitrogens is 3. The summed E-state index contributed by atoms with van der Waals surface area (Å²) < 4.78 is 2.79. The van der Waals surface area contributed by atoms with E-state index in [1.54, 1.807) is 6.20 Å². The molecule has 0 amide bonds. The van der Waals surface area contributed by atoms with E-state index in [0.29, 0.717) is 0 Å². The van der Waals surface area contributed by atoms with Crippen molar-refractivity contribution in [2.24, 2.45) is 0 Å². The van der Waals surface area contributed by atoms with E-state index in [1.165, 1.54) is 32.4 Å². The number of anilines is 1. The zero-order valence-electron chi connectivity index (χ0n) is 10.8. The summed E-state index contributed by atoms with van der Waals surface area (Å²) >= 11 is 3.43. The van der Waals surface area contributed by atoms with Gasteiger partial charge >= 0.3 is 0 Å². The molecule has 1 aliphatic heterocycles. The second-order valence-electron chi connectivity index (χ2n) is 4.90. The Morgan fingerprint density at radius 2 is 2.11 bits per heavy atom. The first-order chi connectivity index (χ1) is 9.33. The maximum atomic E-state index is 4.46. The maximum Gasteiger partial charge on any atom is 0.180 e. The number of imidazole rings is 1. The van der Waals surface area contributed by atoms with Gasteiger partial charge in [-0.25, -0.2) is 9.97 Å². The highest BCUT2D eigenvalue weighted by atomic mass is 79.9. The van der Waals surface area contributed by atoms with Crippen LogP contribution >= 0.6 is 15.9 Å². The van der Waals surface area contributed by atoms with E-state index >= 15 is 0 Å². The van der Waals surface area contributed by atoms with E-state index in [4.69, 9.17) is 0 Å². The fraction of sp³-hybridized carbons (Fsp3) is 0.538. The molecular formula is C13H18BrN5. The Morgan fingerprint density at radius 3 is 2.95 bits per heavy atom. The van der Waals surface area contributed by atoms with Gasteiger partial charge in [-0.1, -0.05) is 6.42 Å². The third-order valence-corrected chi connectivity index (χ3v) is 3.90. The summed E-state index contributed by atoms with van der Waals surface area (Å²) in [5.41, 5.74) is 0.877. The molecule has 0 aliphatic carbocycles. The van der Waals surface area contributed by atoms with Gasteiger partial charge in [-0.05, 0) is 41.9 Å². The van der Waals surface area contributed by atoms with Gasteiger partial charge in [0, 0.05) is 31.7 Å². The van der Waals surface area contributed by atoms with Crippen molar-refractivity contribution in [3.8, 4) is 0 Å². The normalized spacial score (nSPS) is 16.9. The molecule has 3 rings (SSSR count). The van der Waals surface area contributed by atoms with E-state index in [0.717, 1.165) is 29.2 Å². The van der Waals surface area contributed by atoms with Crippen LogP contribution in [-0.2, 0) is 0 Å². The summed E-state index contributed by atoms with van der Waals surface area (Å²) in [5.74, 6) is 0.844. The first-order valence-electron chi connectivity index (χ1n) is 6.78. The van der Waals surface area contributed by atoms with E-state index in [9.17, 15) is 0 Å². The van der Waals surface area contributed by atoms with Gasteiger partial charge in [0.15, 0.2) is 11.5 Å². The van der Waals surface area contributed by atoms with Crippen LogP contribution in [0, 0.1) is 0 Å². The molecule has 1 saturated heterocycles. The molecule has 6 heteroatoms. The largest absolute Gasteiger partial charge is 0.366 e. The van der Waals surface area contributed by atoms with Crippen LogP contribution in [0.5, 0.6) is 0 Å². The summed E-state index contributed by atoms with van der Waals surface area (Å²) in [7, 11) is 0. The third kappa shape index (κ3) is 3.06. The molecule has 0 aromatic carbocycles. The Kier molecular flexibility index (Phi) is 3.98. The molecule has 0 bridgehead atoms. The maximum absolute atomic E-state index is 4.46. The number of rotatable bonds is 4. The number of fused-ring (bicyclic) bond motifs is 1. The van der Waals surface area contributed by atoms with Gasteiger partial charge in [0.25, 0.3) is 0 Å². The van der Waals surface area contributed by atoms with Crippen LogP contribution in [0.25, 0.3) is 5.65 Å². The van der Waals surface area contributed by atoms with Gasteiger partial charge in [0.2, 0.25) is 0 Å². The Hall–Kier alpha value is -1.14. The Labute approximate surface area is 121 Å². The van der Waals surface area contributed by atoms with Crippen molar-refractivity contribution >= 4 is 27.4 Å². The van der Waals surface area contributed by atoms with Crippen molar-refractivity contribution in [2.75, 3.05) is 31.5 Å². The van der Waals surface area contributed by atoms with Crippen LogP contribution in [0.1, 0.15) is 19.3 Å². The minimum Gasteiger partial charge on any atom is -0.366 e. The fourth-order valence-electron chi connectivity index (χ4n) is 2.54. The average molecular weight is 324 g/mol. The Balaban J connectivity index is 1.63. The monoisotopic (exact) mass is 323 g/mol. The molecule has 0 atom stereocenters. The zero-order valence-corrected chi connectivity index (χ0v) is 12.4. The van der Waals surface area contributed by atoms with Gasteiger partial charge in [0.05, 0.1) is 0 Å². The molecule has 3 heterocycles. The summed E-state index contributed by atoms with van der Waals surface area (Å²) in [5, 5.41) is 3.40. The summed E-state index contributed by atoms with van der Waals surface area (Å²) in [6, 6.07) is 0. The zero-order chi connectivity index (χ0) is 13.1. The lowest BCUT2D eigenvalue weighted by Gasteiger charge is -2.26. The molecule has 1 aliphatic rings. The average Bonchev–Trinajstić information content (AvgIpc) is 2.88. The van der Waals surface area contributed by atoms with Crippen molar-refractivity contribution in [1.82, 2.24) is 19.3 Å². The highest BCUT2D eigenvalue weighted by molar-refractivity contribution is 9.10. The van der Waals surface area contributed by atoms with Crippen LogP contribution in [0.2, 0.25) is 0 Å². The van der Waals surface area contributed by atoms with Gasteiger partial charge in [0.1, 0.15) is 4.60 Å². The summed E-state index contributed by atoms with van der Waals surface area (Å²) in [4.78, 5) is 11.3. The molecule has 2 aromatic heterocycles. The molecule has 1 fully saturated rings. The Bertz CT molecular complexity index is 547. The topological polar surface area (TPSA) is 45.5 Å². The molecule has 0 unspecified atom stereocenters. The van der Waals surface area contributed by atoms with Crippen molar-refractivity contribution in [1.29, 1.82) is 0 Å². The van der Waals surface area contributed by atoms with Crippen molar-refractivity contribution in [2.45, 2.75) is 19.3 Å². The second kappa shape index (κ2) is 5.88. The van der Waals surface area contributed by atoms with E-state index in [1.807, 2.05) is 16.8 Å². The number of nitrogens with zero attached hydrogens (tertiary/aromatic N) is 4. The van der Waals surface area contributed by atoms with Gasteiger partial charge < -0.3 is 14.6 Å². The molecule has 0 saturated carbocycles. The lowest BCUT2D eigenvalue weighted by molar-refractivity contribution is 0.237. The molecule has 0 spiro atoms. The van der Waals surface area contributed by atoms with E-state index in [2.05, 4.69) is 36.1 Å². The lowest BCUT2D eigenvalue weighted by Crippen LogP contribution is -2.33. The number of halogens is 1. The molecule has 1 N–H and O–H groups in total. The molecule has 5 nitrogen and oxygen atoms in total. The molecule has 102 valence electrons. The lowest BCUT2D eigenvalue weighted by atomic mass is 10.1. The van der Waals surface area contributed by atoms with Crippen molar-refractivity contribution in [3.63, 3.8) is 0 Å². The highest BCUT2D eigenvalue weighted by Gasteiger charge is 2.10. The quantitative estimate of drug-likeness (QED) is 0.938. The SMILES string of the molecule is Brc1cn2ccnc2c(NCCN2CCCCC2)n1. The first kappa shape index (κ1) is 12.9. The minimum absolute atomic E-state index is 0.818. The number of hydrogen-bond donors (Lipinski definition) is 1. The number of nitrogens with one attached hydrogen (secondary N) is 1. The van der Waals surface area contributed by atoms with Crippen LogP contribution in [0.15, 0.2) is 23.2 Å². The first-order valence-corrected chi connectivity index (χ1v) is 7.58. The van der Waals surface area contributed by atoms with Crippen molar-refractivity contribution < 1.29 is 0 Å². The fourth-order valence-corrected chi connectivity index (χ4v) is 2.93. The Morgan fingerprint density at radius 1 is 1.26 bits per heavy atom. The van der Waals surface area contributed by atoms with Gasteiger partial charge in [-0.15, -0.1) is 0 Å². The van der Waals surface area contributed by atoms with Crippen LogP contribution < -0.4 is 5.32 Å². The third-order valence-electron chi connectivity index (χ3n) is 3.51. The molecular weight excluding hydrogens is 306 g/mol. The van der Waals surface area contributed by atoms with E-state index < -0.39 is 0 Å². The number of piperidine rings is 1. The highest BCUT2D eigenvalue weighted by Crippen LogP contribution is 2.16. The molecule has 19 heavy (non-hydrogen) atoms. The van der Waals surface area contributed by atoms with Gasteiger partial charge in [-0.2, -0.15) is 0 Å². The van der Waals surface area contributed by atoms with Gasteiger partial charge in [-0.3, -0.25) is 0 Å². The van der Waals surface area contributed by atoms with Crippen LogP contribution in [0.3, 0.4) is 0 Å². The van der Waals surface area contributed by atoms with Crippen LogP contribution in [0.4, 0.5) is 5.82 Å². The smallest absolute Gasteiger partial charge is 0.180 e. The number of hydrogen-bond acceptors (Lipinski definition) is 4. The predicted molar refractivity (Wildman–Crippen MR) is 79.5 cm³/mol. The van der Waals surface area contributed by atoms with Crippen LogP contribution in [-0.4, -0.2) is 45.4 Å². The predicted octanol–water partition coefficient (Wildman–Crippen LogP) is 2.39.